The van der Waals surface area contributed by atoms with Crippen LogP contribution < -0.4 is 9.64 Å². The fourth-order valence-corrected chi connectivity index (χ4v) is 4.10. The Morgan fingerprint density at radius 3 is 2.50 bits per heavy atom. The Bertz CT molecular complexity index is 938. The molecule has 1 aliphatic rings. The van der Waals surface area contributed by atoms with Crippen molar-refractivity contribution in [2.75, 3.05) is 17.3 Å². The van der Waals surface area contributed by atoms with Gasteiger partial charge in [-0.1, -0.05) is 12.1 Å². The molecule has 0 spiro atoms. The van der Waals surface area contributed by atoms with Gasteiger partial charge in [0.25, 0.3) is 5.91 Å². The molecule has 0 aromatic heterocycles. The Balaban J connectivity index is 2.05. The molecular weight excluding hydrogens is 357 g/mol. The number of carbonyl (C=O) groups excluding carboxylic acids is 1. The molecule has 0 aliphatic carbocycles. The van der Waals surface area contributed by atoms with Crippen LogP contribution in [0.25, 0.3) is 0 Å². The summed E-state index contributed by atoms with van der Waals surface area (Å²) in [6.07, 6.45) is 1.47. The summed E-state index contributed by atoms with van der Waals surface area (Å²) in [5, 5.41) is 1.11. The summed E-state index contributed by atoms with van der Waals surface area (Å²) < 4.78 is 42.5. The number of sulfone groups is 1. The lowest BCUT2D eigenvalue weighted by Gasteiger charge is -2.28. The molecule has 1 heterocycles. The third kappa shape index (κ3) is 3.77. The van der Waals surface area contributed by atoms with Gasteiger partial charge in [0.2, 0.25) is 0 Å². The van der Waals surface area contributed by atoms with Crippen LogP contribution in [-0.4, -0.2) is 32.7 Å². The molecule has 2 aromatic carbocycles. The van der Waals surface area contributed by atoms with E-state index < -0.39 is 27.6 Å². The second-order valence-corrected chi connectivity index (χ2v) is 7.74. The summed E-state index contributed by atoms with van der Waals surface area (Å²) in [4.78, 5) is 14.6. The zero-order chi connectivity index (χ0) is 18.7. The van der Waals surface area contributed by atoms with Gasteiger partial charge in [0.05, 0.1) is 24.0 Å². The third-order valence-corrected chi connectivity index (χ3v) is 5.36. The van der Waals surface area contributed by atoms with Crippen molar-refractivity contribution in [3.63, 3.8) is 0 Å². The van der Waals surface area contributed by atoms with Gasteiger partial charge in [-0.2, -0.15) is 0 Å². The molecular formula is C19H18FNO4S. The monoisotopic (exact) mass is 375 g/mol. The van der Waals surface area contributed by atoms with E-state index in [1.165, 1.54) is 35.2 Å². The number of amides is 1. The highest BCUT2D eigenvalue weighted by molar-refractivity contribution is 7.94. The van der Waals surface area contributed by atoms with Crippen molar-refractivity contribution in [2.24, 2.45) is 0 Å². The highest BCUT2D eigenvalue weighted by atomic mass is 32.2. The number of nitrogens with zero attached hydrogens (tertiary/aromatic N) is 1. The number of hydrogen-bond donors (Lipinski definition) is 0. The van der Waals surface area contributed by atoms with Crippen molar-refractivity contribution in [2.45, 2.75) is 13.0 Å². The lowest BCUT2D eigenvalue weighted by atomic mass is 10.1. The van der Waals surface area contributed by atoms with E-state index in [1.54, 1.807) is 24.3 Å². The summed E-state index contributed by atoms with van der Waals surface area (Å²) in [6.45, 7) is 2.20. The Morgan fingerprint density at radius 1 is 1.19 bits per heavy atom. The van der Waals surface area contributed by atoms with Crippen LogP contribution in [0.15, 0.2) is 60.0 Å². The van der Waals surface area contributed by atoms with Gasteiger partial charge < -0.3 is 9.64 Å². The second-order valence-electron chi connectivity index (χ2n) is 5.81. The van der Waals surface area contributed by atoms with Gasteiger partial charge in [-0.05, 0) is 49.4 Å². The van der Waals surface area contributed by atoms with Crippen molar-refractivity contribution < 1.29 is 22.3 Å². The van der Waals surface area contributed by atoms with Gasteiger partial charge >= 0.3 is 0 Å². The molecule has 1 atom stereocenters. The zero-order valence-corrected chi connectivity index (χ0v) is 14.9. The summed E-state index contributed by atoms with van der Waals surface area (Å²) in [5.41, 5.74) is 0.728. The van der Waals surface area contributed by atoms with Crippen LogP contribution in [0.1, 0.15) is 17.3 Å². The van der Waals surface area contributed by atoms with E-state index in [9.17, 15) is 17.6 Å². The van der Waals surface area contributed by atoms with Crippen LogP contribution in [0.2, 0.25) is 0 Å². The Morgan fingerprint density at radius 2 is 1.88 bits per heavy atom. The highest BCUT2D eigenvalue weighted by Gasteiger charge is 2.33. The quantitative estimate of drug-likeness (QED) is 0.805. The van der Waals surface area contributed by atoms with Crippen LogP contribution in [-0.2, 0) is 9.84 Å². The molecule has 0 saturated heterocycles. The molecule has 1 aliphatic heterocycles. The van der Waals surface area contributed by atoms with Crippen molar-refractivity contribution in [3.8, 4) is 5.75 Å². The first-order valence-electron chi connectivity index (χ1n) is 8.13. The highest BCUT2D eigenvalue weighted by Crippen LogP contribution is 2.28. The van der Waals surface area contributed by atoms with Gasteiger partial charge in [-0.15, -0.1) is 0 Å². The van der Waals surface area contributed by atoms with Crippen molar-refractivity contribution in [1.82, 2.24) is 0 Å². The molecule has 3 rings (SSSR count). The van der Waals surface area contributed by atoms with Crippen molar-refractivity contribution in [3.05, 3.63) is 71.4 Å². The maximum absolute atomic E-state index is 13.3. The normalized spacial score (nSPS) is 17.8. The van der Waals surface area contributed by atoms with Gasteiger partial charge in [-0.25, -0.2) is 12.8 Å². The lowest BCUT2D eigenvalue weighted by molar-refractivity contribution is 0.0979. The van der Waals surface area contributed by atoms with Crippen LogP contribution in [0.3, 0.4) is 0 Å². The third-order valence-electron chi connectivity index (χ3n) is 3.98. The number of ether oxygens (including phenoxy) is 1. The zero-order valence-electron chi connectivity index (χ0n) is 14.1. The Labute approximate surface area is 151 Å². The largest absolute Gasteiger partial charge is 0.493 e. The first-order valence-corrected chi connectivity index (χ1v) is 9.85. The number of hydrogen-bond acceptors (Lipinski definition) is 4. The van der Waals surface area contributed by atoms with E-state index in [2.05, 4.69) is 0 Å². The minimum atomic E-state index is -3.37. The topological polar surface area (TPSA) is 63.7 Å². The summed E-state index contributed by atoms with van der Waals surface area (Å²) in [6, 6.07) is 11.5. The molecule has 136 valence electrons. The van der Waals surface area contributed by atoms with Gasteiger partial charge in [0.1, 0.15) is 11.6 Å². The molecule has 0 radical (unpaired) electrons. The van der Waals surface area contributed by atoms with Crippen molar-refractivity contribution >= 4 is 21.4 Å². The Kier molecular flexibility index (Phi) is 5.08. The molecule has 1 unspecified atom stereocenters. The number of benzene rings is 2. The maximum Gasteiger partial charge on any atom is 0.262 e. The van der Waals surface area contributed by atoms with Crippen LogP contribution in [0.4, 0.5) is 10.1 Å². The second kappa shape index (κ2) is 7.29. The minimum absolute atomic E-state index is 0.215. The molecule has 0 fully saturated rings. The predicted molar refractivity (Wildman–Crippen MR) is 97.5 cm³/mol. The Hall–Kier alpha value is -2.67. The number of anilines is 1. The standard InChI is InChI=1S/C19H18FNO4S/c1-2-25-18-6-4-3-5-17(18)19(22)21(15-9-7-14(20)8-10-15)16-11-12-26(23,24)13-16/h3-12,16H,2,13H2,1H3. The molecule has 0 bridgehead atoms. The number of rotatable bonds is 5. The van der Waals surface area contributed by atoms with E-state index in [0.29, 0.717) is 23.6 Å². The van der Waals surface area contributed by atoms with Crippen LogP contribution in [0.5, 0.6) is 5.75 Å². The van der Waals surface area contributed by atoms with E-state index in [0.717, 1.165) is 5.41 Å². The fraction of sp³-hybridized carbons (Fsp3) is 0.211. The fourth-order valence-electron chi connectivity index (χ4n) is 2.84. The molecule has 26 heavy (non-hydrogen) atoms. The first kappa shape index (κ1) is 18.1. The van der Waals surface area contributed by atoms with Crippen molar-refractivity contribution in [1.29, 1.82) is 0 Å². The maximum atomic E-state index is 13.3. The summed E-state index contributed by atoms with van der Waals surface area (Å²) >= 11 is 0. The van der Waals surface area contributed by atoms with E-state index in [4.69, 9.17) is 4.74 Å². The first-order chi connectivity index (χ1) is 12.4. The summed E-state index contributed by atoms with van der Waals surface area (Å²) in [5.74, 6) is -0.651. The molecule has 2 aromatic rings. The smallest absolute Gasteiger partial charge is 0.262 e. The molecule has 5 nitrogen and oxygen atoms in total. The SMILES string of the molecule is CCOc1ccccc1C(=O)N(c1ccc(F)cc1)C1C=CS(=O)(=O)C1. The van der Waals surface area contributed by atoms with Gasteiger partial charge in [0.15, 0.2) is 9.84 Å². The minimum Gasteiger partial charge on any atom is -0.493 e. The van der Waals surface area contributed by atoms with Crippen LogP contribution in [0, 0.1) is 5.82 Å². The average molecular weight is 375 g/mol. The molecule has 7 heteroatoms. The number of para-hydroxylation sites is 1. The van der Waals surface area contributed by atoms with Crippen LogP contribution >= 0.6 is 0 Å². The molecule has 0 N–H and O–H groups in total. The molecule has 1 amide bonds. The number of carbonyl (C=O) groups is 1. The van der Waals surface area contributed by atoms with Gasteiger partial charge in [-0.3, -0.25) is 4.79 Å². The molecule has 0 saturated carbocycles. The van der Waals surface area contributed by atoms with E-state index >= 15 is 0 Å². The lowest BCUT2D eigenvalue weighted by Crippen LogP contribution is -2.41. The van der Waals surface area contributed by atoms with E-state index in [1.807, 2.05) is 6.92 Å². The van der Waals surface area contributed by atoms with E-state index in [-0.39, 0.29) is 5.75 Å². The summed E-state index contributed by atoms with van der Waals surface area (Å²) in [7, 11) is -3.37. The number of halogens is 1. The predicted octanol–water partition coefficient (Wildman–Crippen LogP) is 3.18. The van der Waals surface area contributed by atoms with Gasteiger partial charge in [0, 0.05) is 11.1 Å². The average Bonchev–Trinajstić information content (AvgIpc) is 2.97.